The molecule has 1 aliphatic carbocycles. The topological polar surface area (TPSA) is 67.9 Å². The zero-order valence-corrected chi connectivity index (χ0v) is 19.4. The number of carbonyl (C=O) groups excluding carboxylic acids is 2. The highest BCUT2D eigenvalue weighted by atomic mass is 35.5. The van der Waals surface area contributed by atoms with Crippen LogP contribution in [0.3, 0.4) is 0 Å². The Morgan fingerprint density at radius 1 is 1.09 bits per heavy atom. The third-order valence-corrected chi connectivity index (χ3v) is 6.03. The zero-order valence-electron chi connectivity index (χ0n) is 18.7. The van der Waals surface area contributed by atoms with Crippen LogP contribution >= 0.6 is 11.6 Å². The van der Waals surface area contributed by atoms with Crippen molar-refractivity contribution in [3.05, 3.63) is 59.1 Å². The number of amides is 2. The van der Waals surface area contributed by atoms with Crippen molar-refractivity contribution in [2.24, 2.45) is 0 Å². The molecule has 7 heteroatoms. The van der Waals surface area contributed by atoms with Crippen molar-refractivity contribution < 1.29 is 19.1 Å². The predicted molar refractivity (Wildman–Crippen MR) is 125 cm³/mol. The van der Waals surface area contributed by atoms with Crippen LogP contribution in [0.15, 0.2) is 48.5 Å². The minimum atomic E-state index is -0.635. The van der Waals surface area contributed by atoms with Crippen LogP contribution < -0.4 is 14.8 Å². The minimum absolute atomic E-state index is 0.139. The summed E-state index contributed by atoms with van der Waals surface area (Å²) in [6.45, 7) is 1.87. The van der Waals surface area contributed by atoms with Gasteiger partial charge in [-0.15, -0.1) is 0 Å². The SMILES string of the molecule is COc1cccc(CN(C(=O)COc2ccc(Cl)cc2)[C@@H](C)C(=O)NC2CCCCC2)c1. The van der Waals surface area contributed by atoms with Crippen molar-refractivity contribution in [3.8, 4) is 11.5 Å². The quantitative estimate of drug-likeness (QED) is 0.596. The highest BCUT2D eigenvalue weighted by Gasteiger charge is 2.28. The molecule has 1 aliphatic rings. The second kappa shape index (κ2) is 11.8. The summed E-state index contributed by atoms with van der Waals surface area (Å²) >= 11 is 5.91. The smallest absolute Gasteiger partial charge is 0.261 e. The molecule has 2 amide bonds. The molecule has 0 heterocycles. The van der Waals surface area contributed by atoms with Gasteiger partial charge in [-0.25, -0.2) is 0 Å². The molecule has 0 bridgehead atoms. The fourth-order valence-electron chi connectivity index (χ4n) is 3.88. The lowest BCUT2D eigenvalue weighted by molar-refractivity contribution is -0.142. The van der Waals surface area contributed by atoms with E-state index in [2.05, 4.69) is 5.32 Å². The number of nitrogens with zero attached hydrogens (tertiary/aromatic N) is 1. The van der Waals surface area contributed by atoms with Gasteiger partial charge in [-0.05, 0) is 61.7 Å². The van der Waals surface area contributed by atoms with E-state index in [1.807, 2.05) is 24.3 Å². The summed E-state index contributed by atoms with van der Waals surface area (Å²) in [5.74, 6) is 0.837. The second-order valence-electron chi connectivity index (χ2n) is 8.14. The van der Waals surface area contributed by atoms with Crippen LogP contribution in [-0.2, 0) is 16.1 Å². The van der Waals surface area contributed by atoms with Crippen molar-refractivity contribution in [3.63, 3.8) is 0 Å². The molecule has 0 unspecified atom stereocenters. The van der Waals surface area contributed by atoms with Gasteiger partial charge in [-0.3, -0.25) is 9.59 Å². The molecule has 1 atom stereocenters. The van der Waals surface area contributed by atoms with E-state index >= 15 is 0 Å². The van der Waals surface area contributed by atoms with Gasteiger partial charge in [0.1, 0.15) is 17.5 Å². The second-order valence-corrected chi connectivity index (χ2v) is 8.57. The number of benzene rings is 2. The van der Waals surface area contributed by atoms with Crippen LogP contribution in [0.25, 0.3) is 0 Å². The predicted octanol–water partition coefficient (Wildman–Crippen LogP) is 4.59. The zero-order chi connectivity index (χ0) is 22.9. The fourth-order valence-corrected chi connectivity index (χ4v) is 4.00. The first-order valence-electron chi connectivity index (χ1n) is 11.1. The number of carbonyl (C=O) groups is 2. The highest BCUT2D eigenvalue weighted by Crippen LogP contribution is 2.20. The Kier molecular flexibility index (Phi) is 8.80. The highest BCUT2D eigenvalue weighted by molar-refractivity contribution is 6.30. The van der Waals surface area contributed by atoms with Crippen molar-refractivity contribution in [2.45, 2.75) is 57.7 Å². The Hall–Kier alpha value is -2.73. The Bertz CT molecular complexity index is 897. The number of halogens is 1. The molecular weight excluding hydrogens is 428 g/mol. The van der Waals surface area contributed by atoms with Crippen LogP contribution in [-0.4, -0.2) is 42.5 Å². The van der Waals surface area contributed by atoms with Crippen molar-refractivity contribution in [2.75, 3.05) is 13.7 Å². The summed E-state index contributed by atoms with van der Waals surface area (Å²) in [6.07, 6.45) is 5.44. The number of nitrogens with one attached hydrogen (secondary N) is 1. The lowest BCUT2D eigenvalue weighted by Gasteiger charge is -2.31. The number of methoxy groups -OCH3 is 1. The molecule has 0 aliphatic heterocycles. The van der Waals surface area contributed by atoms with Crippen LogP contribution in [0.2, 0.25) is 5.02 Å². The lowest BCUT2D eigenvalue weighted by Crippen LogP contribution is -2.51. The van der Waals surface area contributed by atoms with E-state index in [1.165, 1.54) is 6.42 Å². The molecule has 0 radical (unpaired) electrons. The Balaban J connectivity index is 1.71. The van der Waals surface area contributed by atoms with Gasteiger partial charge in [0.05, 0.1) is 7.11 Å². The summed E-state index contributed by atoms with van der Waals surface area (Å²) in [5.41, 5.74) is 0.876. The summed E-state index contributed by atoms with van der Waals surface area (Å²) < 4.78 is 11.0. The van der Waals surface area contributed by atoms with Crippen LogP contribution in [0.5, 0.6) is 11.5 Å². The summed E-state index contributed by atoms with van der Waals surface area (Å²) in [7, 11) is 1.60. The van der Waals surface area contributed by atoms with E-state index in [9.17, 15) is 9.59 Å². The number of rotatable bonds is 9. The van der Waals surface area contributed by atoms with Gasteiger partial charge in [0.25, 0.3) is 5.91 Å². The minimum Gasteiger partial charge on any atom is -0.497 e. The van der Waals surface area contributed by atoms with E-state index in [1.54, 1.807) is 43.2 Å². The maximum absolute atomic E-state index is 13.1. The van der Waals surface area contributed by atoms with Crippen LogP contribution in [0, 0.1) is 0 Å². The van der Waals surface area contributed by atoms with E-state index in [-0.39, 0.29) is 31.0 Å². The van der Waals surface area contributed by atoms with E-state index < -0.39 is 6.04 Å². The van der Waals surface area contributed by atoms with Gasteiger partial charge in [0.2, 0.25) is 5.91 Å². The van der Waals surface area contributed by atoms with Crippen molar-refractivity contribution >= 4 is 23.4 Å². The van der Waals surface area contributed by atoms with Gasteiger partial charge in [-0.2, -0.15) is 0 Å². The van der Waals surface area contributed by atoms with Gasteiger partial charge < -0.3 is 19.7 Å². The third-order valence-electron chi connectivity index (χ3n) is 5.78. The Labute approximate surface area is 194 Å². The number of ether oxygens (including phenoxy) is 2. The molecule has 0 aromatic heterocycles. The molecule has 2 aromatic carbocycles. The normalized spacial score (nSPS) is 15.0. The number of hydrogen-bond donors (Lipinski definition) is 1. The van der Waals surface area contributed by atoms with Gasteiger partial charge in [0, 0.05) is 17.6 Å². The largest absolute Gasteiger partial charge is 0.497 e. The standard InChI is InChI=1S/C25H31ClN2O4/c1-18(25(30)27-21-8-4-3-5-9-21)28(16-19-7-6-10-23(15-19)31-2)24(29)17-32-22-13-11-20(26)12-14-22/h6-7,10-15,18,21H,3-5,8-9,16-17H2,1-2H3,(H,27,30)/t18-/m0/s1. The lowest BCUT2D eigenvalue weighted by atomic mass is 9.95. The maximum atomic E-state index is 13.1. The molecule has 172 valence electrons. The molecule has 0 saturated heterocycles. The van der Waals surface area contributed by atoms with E-state index in [0.717, 1.165) is 31.2 Å². The molecular formula is C25H31ClN2O4. The van der Waals surface area contributed by atoms with Gasteiger partial charge in [0.15, 0.2) is 6.61 Å². The van der Waals surface area contributed by atoms with Crippen molar-refractivity contribution in [1.82, 2.24) is 10.2 Å². The average Bonchev–Trinajstić information content (AvgIpc) is 2.82. The maximum Gasteiger partial charge on any atom is 0.261 e. The van der Waals surface area contributed by atoms with E-state index in [0.29, 0.717) is 16.5 Å². The van der Waals surface area contributed by atoms with Gasteiger partial charge in [-0.1, -0.05) is 43.0 Å². The fraction of sp³-hybridized carbons (Fsp3) is 0.440. The Morgan fingerprint density at radius 3 is 2.50 bits per heavy atom. The molecule has 32 heavy (non-hydrogen) atoms. The molecule has 1 N–H and O–H groups in total. The first-order valence-corrected chi connectivity index (χ1v) is 11.4. The van der Waals surface area contributed by atoms with Gasteiger partial charge >= 0.3 is 0 Å². The monoisotopic (exact) mass is 458 g/mol. The molecule has 0 spiro atoms. The molecule has 6 nitrogen and oxygen atoms in total. The van der Waals surface area contributed by atoms with Crippen LogP contribution in [0.4, 0.5) is 0 Å². The van der Waals surface area contributed by atoms with Crippen molar-refractivity contribution in [1.29, 1.82) is 0 Å². The first kappa shape index (κ1) is 23.9. The summed E-state index contributed by atoms with van der Waals surface area (Å²) in [5, 5.41) is 3.72. The molecule has 1 saturated carbocycles. The van der Waals surface area contributed by atoms with Crippen LogP contribution in [0.1, 0.15) is 44.6 Å². The summed E-state index contributed by atoms with van der Waals surface area (Å²) in [4.78, 5) is 27.7. The van der Waals surface area contributed by atoms with E-state index in [4.69, 9.17) is 21.1 Å². The first-order chi connectivity index (χ1) is 15.5. The molecule has 3 rings (SSSR count). The third kappa shape index (κ3) is 6.89. The summed E-state index contributed by atoms with van der Waals surface area (Å²) in [6, 6.07) is 13.9. The Morgan fingerprint density at radius 2 is 1.81 bits per heavy atom. The number of hydrogen-bond acceptors (Lipinski definition) is 4. The average molecular weight is 459 g/mol. The molecule has 2 aromatic rings. The molecule has 1 fully saturated rings.